The average molecular weight is 577 g/mol. The van der Waals surface area contributed by atoms with Gasteiger partial charge in [-0.15, -0.1) is 0 Å². The van der Waals surface area contributed by atoms with E-state index in [9.17, 15) is 18.8 Å². The van der Waals surface area contributed by atoms with Crippen molar-refractivity contribution in [1.82, 2.24) is 20.2 Å². The zero-order chi connectivity index (χ0) is 29.4. The van der Waals surface area contributed by atoms with Crippen LogP contribution in [0.3, 0.4) is 0 Å². The van der Waals surface area contributed by atoms with Gasteiger partial charge in [0.1, 0.15) is 17.8 Å². The van der Waals surface area contributed by atoms with E-state index in [4.69, 9.17) is 9.97 Å². The summed E-state index contributed by atoms with van der Waals surface area (Å²) in [5.41, 5.74) is 4.17. The van der Waals surface area contributed by atoms with Crippen molar-refractivity contribution in [3.8, 4) is 6.07 Å². The van der Waals surface area contributed by atoms with Crippen molar-refractivity contribution < 1.29 is 13.6 Å². The lowest BCUT2D eigenvalue weighted by atomic mass is 9.88. The summed E-state index contributed by atoms with van der Waals surface area (Å²) >= 11 is 0. The smallest absolute Gasteiger partial charge is 0.246 e. The monoisotopic (exact) mass is 576 g/mol. The van der Waals surface area contributed by atoms with Gasteiger partial charge in [0.2, 0.25) is 11.9 Å². The van der Waals surface area contributed by atoms with Gasteiger partial charge in [0.15, 0.2) is 0 Å². The second-order valence-corrected chi connectivity index (χ2v) is 11.8. The van der Waals surface area contributed by atoms with Crippen LogP contribution < -0.4 is 20.0 Å². The van der Waals surface area contributed by atoms with E-state index in [1.165, 1.54) is 11.6 Å². The normalized spacial score (nSPS) is 25.6. The molecule has 0 bridgehead atoms. The van der Waals surface area contributed by atoms with Crippen molar-refractivity contribution in [2.24, 2.45) is 0 Å². The van der Waals surface area contributed by atoms with E-state index in [0.717, 1.165) is 55.0 Å². The van der Waals surface area contributed by atoms with Crippen LogP contribution in [0.1, 0.15) is 36.1 Å². The number of benzene rings is 1. The third-order valence-corrected chi connectivity index (χ3v) is 9.33. The summed E-state index contributed by atoms with van der Waals surface area (Å²) in [5.74, 6) is 0.927. The first kappa shape index (κ1) is 28.3. The van der Waals surface area contributed by atoms with E-state index in [1.54, 1.807) is 24.1 Å². The van der Waals surface area contributed by atoms with Gasteiger partial charge in [0.05, 0.1) is 36.8 Å². The Balaban J connectivity index is 1.35. The number of fused-ring (bicyclic) bond motifs is 2. The maximum atomic E-state index is 14.8. The molecule has 4 aliphatic rings. The summed E-state index contributed by atoms with van der Waals surface area (Å²) in [7, 11) is 1.77. The number of nitrogens with one attached hydrogen (secondary N) is 1. The fourth-order valence-electron chi connectivity index (χ4n) is 7.12. The van der Waals surface area contributed by atoms with Crippen LogP contribution >= 0.6 is 0 Å². The number of aromatic nitrogens is 2. The Bertz CT molecular complexity index is 1400. The third kappa shape index (κ3) is 5.28. The first-order chi connectivity index (χ1) is 20.4. The Kier molecular flexibility index (Phi) is 7.99. The molecule has 42 heavy (non-hydrogen) atoms. The van der Waals surface area contributed by atoms with Gasteiger partial charge in [-0.2, -0.15) is 10.2 Å². The molecular formula is C31H38F2N8O. The minimum Gasteiger partial charge on any atom is -0.368 e. The molecule has 2 saturated heterocycles. The van der Waals surface area contributed by atoms with Crippen molar-refractivity contribution in [3.63, 3.8) is 0 Å². The van der Waals surface area contributed by atoms with E-state index < -0.39 is 6.17 Å². The minimum atomic E-state index is -1.03. The Morgan fingerprint density at radius 3 is 2.81 bits per heavy atom. The fraction of sp³-hybridized carbons (Fsp3) is 0.548. The van der Waals surface area contributed by atoms with Crippen molar-refractivity contribution in [1.29, 1.82) is 5.26 Å². The predicted octanol–water partition coefficient (Wildman–Crippen LogP) is 2.79. The van der Waals surface area contributed by atoms with Gasteiger partial charge in [-0.25, -0.2) is 13.8 Å². The number of halogens is 2. The van der Waals surface area contributed by atoms with Gasteiger partial charge < -0.3 is 24.9 Å². The van der Waals surface area contributed by atoms with Crippen molar-refractivity contribution in [3.05, 3.63) is 53.5 Å². The minimum absolute atomic E-state index is 0.167. The lowest BCUT2D eigenvalue weighted by Gasteiger charge is -2.43. The van der Waals surface area contributed by atoms with Gasteiger partial charge in [0.25, 0.3) is 0 Å². The zero-order valence-corrected chi connectivity index (χ0v) is 24.1. The molecule has 0 radical (unpaired) electrons. The topological polar surface area (TPSA) is 91.6 Å². The molecule has 0 spiro atoms. The van der Waals surface area contributed by atoms with Crippen LogP contribution in [0.5, 0.6) is 0 Å². The summed E-state index contributed by atoms with van der Waals surface area (Å²) < 4.78 is 29.1. The molecule has 3 aliphatic heterocycles. The van der Waals surface area contributed by atoms with E-state index in [0.29, 0.717) is 38.5 Å². The summed E-state index contributed by atoms with van der Waals surface area (Å²) in [5, 5.41) is 12.6. The first-order valence-electron chi connectivity index (χ1n) is 15.0. The summed E-state index contributed by atoms with van der Waals surface area (Å²) in [6.07, 6.45) is 4.78. The van der Waals surface area contributed by atoms with Crippen LogP contribution in [0.15, 0.2) is 30.9 Å². The molecule has 1 N–H and O–H groups in total. The molecule has 0 saturated carbocycles. The number of carbonyl (C=O) groups is 1. The van der Waals surface area contributed by atoms with Crippen LogP contribution in [0.4, 0.5) is 26.2 Å². The molecular weight excluding hydrogens is 538 g/mol. The fourth-order valence-corrected chi connectivity index (χ4v) is 7.12. The third-order valence-electron chi connectivity index (χ3n) is 9.33. The molecule has 4 heterocycles. The maximum Gasteiger partial charge on any atom is 0.246 e. The number of hydrogen-bond donors (Lipinski definition) is 1. The number of nitriles is 1. The van der Waals surface area contributed by atoms with Gasteiger partial charge in [-0.05, 0) is 56.5 Å². The number of anilines is 3. The van der Waals surface area contributed by atoms with E-state index >= 15 is 0 Å². The molecule has 222 valence electrons. The molecule has 1 aromatic carbocycles. The van der Waals surface area contributed by atoms with Crippen LogP contribution in [0, 0.1) is 17.1 Å². The average Bonchev–Trinajstić information content (AvgIpc) is 3.40. The number of hydrogen-bond acceptors (Lipinski definition) is 8. The maximum absolute atomic E-state index is 14.8. The number of alkyl halides is 1. The molecule has 1 amide bonds. The highest BCUT2D eigenvalue weighted by atomic mass is 19.1. The van der Waals surface area contributed by atoms with Crippen molar-refractivity contribution in [2.45, 2.75) is 62.8 Å². The SMILES string of the molecule is C=CC(=O)N1CCN(c2nc(N3CC(F)C(NC)C3)nc3c2CCC(N2CCCc4ccc(F)cc42)C3)CC1CC#N. The molecule has 1 aliphatic carbocycles. The predicted molar refractivity (Wildman–Crippen MR) is 158 cm³/mol. The number of nitrogens with zero attached hydrogens (tertiary/aromatic N) is 7. The van der Waals surface area contributed by atoms with E-state index in [2.05, 4.69) is 27.8 Å². The molecule has 1 aromatic heterocycles. The number of rotatable bonds is 6. The summed E-state index contributed by atoms with van der Waals surface area (Å²) in [4.78, 5) is 30.8. The van der Waals surface area contributed by atoms with Crippen LogP contribution in [0.25, 0.3) is 0 Å². The lowest BCUT2D eigenvalue weighted by molar-refractivity contribution is -0.128. The number of piperazine rings is 1. The Morgan fingerprint density at radius 2 is 2.05 bits per heavy atom. The molecule has 6 rings (SSSR count). The number of aryl methyl sites for hydroxylation is 1. The van der Waals surface area contributed by atoms with Gasteiger partial charge >= 0.3 is 0 Å². The van der Waals surface area contributed by atoms with E-state index in [-0.39, 0.29) is 42.8 Å². The largest absolute Gasteiger partial charge is 0.368 e. The molecule has 2 fully saturated rings. The number of carbonyl (C=O) groups excluding carboxylic acids is 1. The van der Waals surface area contributed by atoms with Gasteiger partial charge in [0, 0.05) is 56.4 Å². The van der Waals surface area contributed by atoms with Gasteiger partial charge in [-0.1, -0.05) is 12.6 Å². The standard InChI is InChI=1S/C31H38F2N8O/c1-3-29(42)41-14-13-38(17-23(41)10-11-34)30-24-9-8-22(40-12-4-5-20-6-7-21(32)15-28(20)40)16-26(24)36-31(37-30)39-18-25(33)27(19-39)35-2/h3,6-7,15,22-23,25,27,35H,1,4-5,8-10,12-14,16-19H2,2H3. The summed E-state index contributed by atoms with van der Waals surface area (Å²) in [6, 6.07) is 6.92. The number of likely N-dealkylation sites (N-methyl/N-ethyl adjacent to an activating group) is 1. The number of amides is 1. The molecule has 4 atom stereocenters. The molecule has 11 heteroatoms. The van der Waals surface area contributed by atoms with Crippen LogP contribution in [-0.2, 0) is 24.1 Å². The Morgan fingerprint density at radius 1 is 1.19 bits per heavy atom. The van der Waals surface area contributed by atoms with Crippen LogP contribution in [-0.4, -0.2) is 91.4 Å². The molecule has 9 nitrogen and oxygen atoms in total. The first-order valence-corrected chi connectivity index (χ1v) is 15.0. The highest BCUT2D eigenvalue weighted by molar-refractivity contribution is 5.87. The highest BCUT2D eigenvalue weighted by Crippen LogP contribution is 2.37. The van der Waals surface area contributed by atoms with Crippen LogP contribution in [0.2, 0.25) is 0 Å². The Labute approximate surface area is 245 Å². The lowest BCUT2D eigenvalue weighted by Crippen LogP contribution is -2.55. The quantitative estimate of drug-likeness (QED) is 0.525. The van der Waals surface area contributed by atoms with Crippen molar-refractivity contribution in [2.75, 3.05) is 61.0 Å². The van der Waals surface area contributed by atoms with E-state index in [1.807, 2.05) is 11.0 Å². The second-order valence-electron chi connectivity index (χ2n) is 11.8. The molecule has 2 aromatic rings. The zero-order valence-electron chi connectivity index (χ0n) is 24.1. The Hall–Kier alpha value is -3.78. The summed E-state index contributed by atoms with van der Waals surface area (Å²) in [6.45, 7) is 6.69. The van der Waals surface area contributed by atoms with Gasteiger partial charge in [-0.3, -0.25) is 4.79 Å². The second kappa shape index (κ2) is 11.8. The van der Waals surface area contributed by atoms with Crippen molar-refractivity contribution >= 4 is 23.4 Å². The highest BCUT2D eigenvalue weighted by Gasteiger charge is 2.38. The molecule has 4 unspecified atom stereocenters.